The molecule has 5 heteroatoms. The fourth-order valence-electron chi connectivity index (χ4n) is 0.874. The predicted molar refractivity (Wildman–Crippen MR) is 45.1 cm³/mol. The van der Waals surface area contributed by atoms with E-state index < -0.39 is 0 Å². The Labute approximate surface area is 71.2 Å². The second-order valence-electron chi connectivity index (χ2n) is 2.12. The van der Waals surface area contributed by atoms with Crippen molar-refractivity contribution >= 4 is 27.4 Å². The number of nitrogens with zero attached hydrogens (tertiary/aromatic N) is 3. The lowest BCUT2D eigenvalue weighted by molar-refractivity contribution is 1.11. The molecule has 0 saturated heterocycles. The normalized spacial score (nSPS) is 10.6. The first-order valence-corrected chi connectivity index (χ1v) is 3.81. The van der Waals surface area contributed by atoms with Crippen LogP contribution in [0.1, 0.15) is 0 Å². The van der Waals surface area contributed by atoms with Gasteiger partial charge in [0.15, 0.2) is 5.65 Å². The first-order valence-electron chi connectivity index (χ1n) is 3.01. The van der Waals surface area contributed by atoms with Gasteiger partial charge in [-0.3, -0.25) is 4.40 Å². The minimum absolute atomic E-state index is 0.483. The summed E-state index contributed by atoms with van der Waals surface area (Å²) in [5.41, 5.74) is 6.25. The molecular weight excluding hydrogens is 208 g/mol. The number of hydrogen-bond donors (Lipinski definition) is 1. The molecule has 0 bridgehead atoms. The number of hydrogen-bond acceptors (Lipinski definition) is 3. The highest BCUT2D eigenvalue weighted by molar-refractivity contribution is 9.10. The molecule has 0 spiro atoms. The van der Waals surface area contributed by atoms with E-state index in [0.29, 0.717) is 5.82 Å². The molecule has 0 aliphatic rings. The Morgan fingerprint density at radius 1 is 1.36 bits per heavy atom. The summed E-state index contributed by atoms with van der Waals surface area (Å²) in [7, 11) is 0. The van der Waals surface area contributed by atoms with Crippen LogP contribution in [0.4, 0.5) is 5.82 Å². The molecule has 2 N–H and O–H groups in total. The van der Waals surface area contributed by atoms with Gasteiger partial charge in [-0.15, -0.1) is 0 Å². The molecule has 2 heterocycles. The lowest BCUT2D eigenvalue weighted by Gasteiger charge is -1.94. The summed E-state index contributed by atoms with van der Waals surface area (Å²) in [5, 5.41) is 0. The number of nitrogens with two attached hydrogens (primary N) is 1. The highest BCUT2D eigenvalue weighted by Gasteiger charge is 1.98. The van der Waals surface area contributed by atoms with Crippen LogP contribution in [0, 0.1) is 0 Å². The quantitative estimate of drug-likeness (QED) is 0.712. The van der Waals surface area contributed by atoms with E-state index >= 15 is 0 Å². The van der Waals surface area contributed by atoms with E-state index in [1.165, 1.54) is 0 Å². The molecule has 4 nitrogen and oxygen atoms in total. The predicted octanol–water partition coefficient (Wildman–Crippen LogP) is 1.07. The molecule has 0 unspecified atom stereocenters. The summed E-state index contributed by atoms with van der Waals surface area (Å²) >= 11 is 3.32. The van der Waals surface area contributed by atoms with Gasteiger partial charge in [0, 0.05) is 0 Å². The number of fused-ring (bicyclic) bond motifs is 1. The van der Waals surface area contributed by atoms with Crippen LogP contribution in [0.3, 0.4) is 0 Å². The van der Waals surface area contributed by atoms with E-state index in [9.17, 15) is 0 Å². The molecule has 0 aliphatic carbocycles. The average molecular weight is 213 g/mol. The van der Waals surface area contributed by atoms with Crippen molar-refractivity contribution in [2.45, 2.75) is 0 Å². The van der Waals surface area contributed by atoms with Crippen molar-refractivity contribution in [3.63, 3.8) is 0 Å². The zero-order valence-corrected chi connectivity index (χ0v) is 7.12. The summed E-state index contributed by atoms with van der Waals surface area (Å²) in [6.07, 6.45) is 5.04. The van der Waals surface area contributed by atoms with Crippen LogP contribution in [0.2, 0.25) is 0 Å². The summed E-state index contributed by atoms with van der Waals surface area (Å²) in [4.78, 5) is 7.95. The SMILES string of the molecule is Nc1cn2c(Br)cnc2cn1. The van der Waals surface area contributed by atoms with Crippen LogP contribution in [0.15, 0.2) is 23.2 Å². The molecule has 11 heavy (non-hydrogen) atoms. The van der Waals surface area contributed by atoms with E-state index in [2.05, 4.69) is 25.9 Å². The Morgan fingerprint density at radius 2 is 2.18 bits per heavy atom. The molecule has 0 aromatic carbocycles. The van der Waals surface area contributed by atoms with Gasteiger partial charge in [0.1, 0.15) is 10.4 Å². The van der Waals surface area contributed by atoms with Crippen LogP contribution < -0.4 is 5.73 Å². The Bertz CT molecular complexity index is 394. The number of imidazole rings is 1. The lowest BCUT2D eigenvalue weighted by atomic mass is 10.6. The first kappa shape index (κ1) is 6.60. The molecule has 0 atom stereocenters. The van der Waals surface area contributed by atoms with Gasteiger partial charge in [-0.05, 0) is 15.9 Å². The van der Waals surface area contributed by atoms with Crippen molar-refractivity contribution in [2.75, 3.05) is 5.73 Å². The number of halogens is 1. The van der Waals surface area contributed by atoms with E-state index in [-0.39, 0.29) is 0 Å². The highest BCUT2D eigenvalue weighted by Crippen LogP contribution is 2.12. The third kappa shape index (κ3) is 0.970. The highest BCUT2D eigenvalue weighted by atomic mass is 79.9. The van der Waals surface area contributed by atoms with Crippen molar-refractivity contribution in [1.29, 1.82) is 0 Å². The first-order chi connectivity index (χ1) is 5.27. The monoisotopic (exact) mass is 212 g/mol. The smallest absolute Gasteiger partial charge is 0.156 e. The standard InChI is InChI=1S/C6H5BrN4/c7-4-1-10-6-2-9-5(8)3-11(4)6/h1-3H,8H2. The van der Waals surface area contributed by atoms with Gasteiger partial charge in [-0.1, -0.05) is 0 Å². The third-order valence-corrected chi connectivity index (χ3v) is 1.96. The fraction of sp³-hybridized carbons (Fsp3) is 0. The van der Waals surface area contributed by atoms with Crippen LogP contribution in [0.25, 0.3) is 5.65 Å². The van der Waals surface area contributed by atoms with Crippen molar-refractivity contribution in [1.82, 2.24) is 14.4 Å². The van der Waals surface area contributed by atoms with Gasteiger partial charge in [-0.25, -0.2) is 9.97 Å². The van der Waals surface area contributed by atoms with Crippen LogP contribution in [-0.4, -0.2) is 14.4 Å². The average Bonchev–Trinajstić information content (AvgIpc) is 2.33. The van der Waals surface area contributed by atoms with Gasteiger partial charge >= 0.3 is 0 Å². The number of rotatable bonds is 0. The molecule has 0 saturated carbocycles. The number of nitrogen functional groups attached to an aromatic ring is 1. The van der Waals surface area contributed by atoms with Crippen molar-refractivity contribution in [2.24, 2.45) is 0 Å². The van der Waals surface area contributed by atoms with Gasteiger partial charge < -0.3 is 5.73 Å². The Kier molecular flexibility index (Phi) is 1.32. The van der Waals surface area contributed by atoms with Crippen LogP contribution in [0.5, 0.6) is 0 Å². The summed E-state index contributed by atoms with van der Waals surface area (Å²) < 4.78 is 2.70. The van der Waals surface area contributed by atoms with Crippen LogP contribution in [-0.2, 0) is 0 Å². The Hall–Kier alpha value is -1.10. The summed E-state index contributed by atoms with van der Waals surface area (Å²) in [5.74, 6) is 0.483. The van der Waals surface area contributed by atoms with Crippen molar-refractivity contribution < 1.29 is 0 Å². The van der Waals surface area contributed by atoms with Crippen molar-refractivity contribution in [3.8, 4) is 0 Å². The van der Waals surface area contributed by atoms with E-state index in [4.69, 9.17) is 5.73 Å². The zero-order valence-electron chi connectivity index (χ0n) is 5.53. The molecule has 2 aromatic rings. The van der Waals surface area contributed by atoms with Crippen molar-refractivity contribution in [3.05, 3.63) is 23.2 Å². The van der Waals surface area contributed by atoms with E-state index in [0.717, 1.165) is 10.3 Å². The molecule has 0 amide bonds. The maximum Gasteiger partial charge on any atom is 0.156 e. The van der Waals surface area contributed by atoms with Gasteiger partial charge in [0.05, 0.1) is 18.6 Å². The number of aromatic nitrogens is 3. The zero-order chi connectivity index (χ0) is 7.84. The van der Waals surface area contributed by atoms with E-state index in [1.54, 1.807) is 18.6 Å². The number of anilines is 1. The summed E-state index contributed by atoms with van der Waals surface area (Å²) in [6.45, 7) is 0. The molecule has 0 aliphatic heterocycles. The molecule has 2 aromatic heterocycles. The largest absolute Gasteiger partial charge is 0.382 e. The van der Waals surface area contributed by atoms with Crippen LogP contribution >= 0.6 is 15.9 Å². The maximum absolute atomic E-state index is 5.47. The summed E-state index contributed by atoms with van der Waals surface area (Å²) in [6, 6.07) is 0. The molecule has 56 valence electrons. The maximum atomic E-state index is 5.47. The second-order valence-corrected chi connectivity index (χ2v) is 2.93. The minimum Gasteiger partial charge on any atom is -0.382 e. The fourth-order valence-corrected chi connectivity index (χ4v) is 1.26. The lowest BCUT2D eigenvalue weighted by Crippen LogP contribution is -1.93. The van der Waals surface area contributed by atoms with Gasteiger partial charge in [-0.2, -0.15) is 0 Å². The molecule has 2 rings (SSSR count). The Morgan fingerprint density at radius 3 is 3.00 bits per heavy atom. The second kappa shape index (κ2) is 2.20. The Balaban J connectivity index is 2.87. The molecule has 0 fully saturated rings. The van der Waals surface area contributed by atoms with Gasteiger partial charge in [0.2, 0.25) is 0 Å². The third-order valence-electron chi connectivity index (χ3n) is 1.37. The molecule has 0 radical (unpaired) electrons. The minimum atomic E-state index is 0.483. The van der Waals surface area contributed by atoms with E-state index in [1.807, 2.05) is 4.40 Å². The topological polar surface area (TPSA) is 56.2 Å². The van der Waals surface area contributed by atoms with Gasteiger partial charge in [0.25, 0.3) is 0 Å². The molecular formula is C6H5BrN4.